The molecule has 1 amide bonds. The van der Waals surface area contributed by atoms with Gasteiger partial charge in [-0.3, -0.25) is 4.79 Å². The maximum atomic E-state index is 14.4. The van der Waals surface area contributed by atoms with Crippen molar-refractivity contribution in [1.29, 1.82) is 0 Å². The van der Waals surface area contributed by atoms with Gasteiger partial charge in [0, 0.05) is 25.2 Å². The second kappa shape index (κ2) is 8.85. The lowest BCUT2D eigenvalue weighted by atomic mass is 9.90. The number of amides is 1. The van der Waals surface area contributed by atoms with Crippen LogP contribution in [0.4, 0.5) is 14.8 Å². The first-order chi connectivity index (χ1) is 16.4. The molecular weight excluding hydrogens is 442 g/mol. The second-order valence-electron chi connectivity index (χ2n) is 8.63. The van der Waals surface area contributed by atoms with Crippen molar-refractivity contribution in [3.63, 3.8) is 0 Å². The summed E-state index contributed by atoms with van der Waals surface area (Å²) in [6.07, 6.45) is 4.79. The Hall–Kier alpha value is -3.82. The van der Waals surface area contributed by atoms with Gasteiger partial charge in [-0.25, -0.2) is 8.78 Å². The number of nitrogens with one attached hydrogen (secondary N) is 1. The maximum Gasteiger partial charge on any atom is 0.295 e. The number of fused-ring (bicyclic) bond motifs is 1. The number of oxazole rings is 1. The summed E-state index contributed by atoms with van der Waals surface area (Å²) in [5.41, 5.74) is 1.91. The van der Waals surface area contributed by atoms with Gasteiger partial charge in [0.15, 0.2) is 5.58 Å². The number of benzene rings is 2. The molecule has 0 unspecified atom stereocenters. The molecule has 4 aromatic rings. The lowest BCUT2D eigenvalue weighted by Gasteiger charge is -2.40. The first kappa shape index (κ1) is 22.0. The summed E-state index contributed by atoms with van der Waals surface area (Å²) in [6.45, 7) is 4.69. The molecule has 1 N–H and O–H groups in total. The largest absolute Gasteiger partial charge is 0.423 e. The van der Waals surface area contributed by atoms with Crippen LogP contribution in [0.1, 0.15) is 35.7 Å². The van der Waals surface area contributed by atoms with Gasteiger partial charge in [0.25, 0.3) is 11.9 Å². The number of carbonyl (C=O) groups is 1. The quantitative estimate of drug-likeness (QED) is 0.471. The standard InChI is InChI=1S/C24H24F2N6O2/c1-14-4-3-9-31(21(14)13-27-24-30-19-6-5-16(25)11-22(19)34-24)23(33)17-10-15(2)18(26)12-20(17)32-28-7-8-29-32/h5-8,10-12,14,21H,3-4,9,13H2,1-2H3,(H,27,30)/t14-,21-/m1/s1. The molecule has 0 saturated carbocycles. The van der Waals surface area contributed by atoms with E-state index in [2.05, 4.69) is 27.4 Å². The monoisotopic (exact) mass is 466 g/mol. The van der Waals surface area contributed by atoms with Crippen LogP contribution in [0, 0.1) is 24.5 Å². The Morgan fingerprint density at radius 2 is 2.00 bits per heavy atom. The van der Waals surface area contributed by atoms with Crippen molar-refractivity contribution in [2.24, 2.45) is 5.92 Å². The number of nitrogens with zero attached hydrogens (tertiary/aromatic N) is 5. The SMILES string of the molecule is Cc1cc(C(=O)N2CCC[C@@H](C)[C@H]2CNc2nc3ccc(F)cc3o2)c(-n2nccn2)cc1F. The first-order valence-corrected chi connectivity index (χ1v) is 11.2. The molecule has 0 spiro atoms. The molecule has 0 bridgehead atoms. The summed E-state index contributed by atoms with van der Waals surface area (Å²) in [5.74, 6) is -0.834. The first-order valence-electron chi connectivity index (χ1n) is 11.2. The number of hydrogen-bond donors (Lipinski definition) is 1. The van der Waals surface area contributed by atoms with Crippen molar-refractivity contribution in [2.45, 2.75) is 32.7 Å². The highest BCUT2D eigenvalue weighted by Crippen LogP contribution is 2.28. The number of piperidine rings is 1. The smallest absolute Gasteiger partial charge is 0.295 e. The molecule has 3 heterocycles. The molecular formula is C24H24F2N6O2. The van der Waals surface area contributed by atoms with Crippen LogP contribution in [-0.2, 0) is 0 Å². The maximum absolute atomic E-state index is 14.4. The molecule has 2 aromatic heterocycles. The third-order valence-electron chi connectivity index (χ3n) is 6.33. The van der Waals surface area contributed by atoms with Gasteiger partial charge in [-0.1, -0.05) is 6.92 Å². The topological polar surface area (TPSA) is 89.1 Å². The number of aromatic nitrogens is 4. The fourth-order valence-corrected chi connectivity index (χ4v) is 4.48. The van der Waals surface area contributed by atoms with Crippen molar-refractivity contribution < 1.29 is 18.0 Å². The Morgan fingerprint density at radius 1 is 1.21 bits per heavy atom. The summed E-state index contributed by atoms with van der Waals surface area (Å²) < 4.78 is 33.5. The molecule has 1 aliphatic rings. The van der Waals surface area contributed by atoms with Crippen LogP contribution >= 0.6 is 0 Å². The van der Waals surface area contributed by atoms with Gasteiger partial charge in [-0.15, -0.1) is 0 Å². The molecule has 8 nitrogen and oxygen atoms in total. The summed E-state index contributed by atoms with van der Waals surface area (Å²) in [5, 5.41) is 11.4. The van der Waals surface area contributed by atoms with E-state index in [1.54, 1.807) is 19.1 Å². The number of rotatable bonds is 5. The van der Waals surface area contributed by atoms with Gasteiger partial charge in [0.05, 0.1) is 24.0 Å². The molecule has 0 radical (unpaired) electrons. The summed E-state index contributed by atoms with van der Waals surface area (Å²) in [4.78, 5) is 21.2. The Labute approximate surface area is 194 Å². The Kier molecular flexibility index (Phi) is 5.72. The van der Waals surface area contributed by atoms with Gasteiger partial charge in [-0.2, -0.15) is 20.0 Å². The molecule has 1 saturated heterocycles. The van der Waals surface area contributed by atoms with Crippen molar-refractivity contribution in [2.75, 3.05) is 18.4 Å². The average Bonchev–Trinajstić information content (AvgIpc) is 3.49. The van der Waals surface area contributed by atoms with Crippen LogP contribution < -0.4 is 5.32 Å². The predicted molar refractivity (Wildman–Crippen MR) is 122 cm³/mol. The minimum absolute atomic E-state index is 0.156. The van der Waals surface area contributed by atoms with Crippen LogP contribution in [0.25, 0.3) is 16.8 Å². The highest BCUT2D eigenvalue weighted by Gasteiger charge is 2.34. The molecule has 10 heteroatoms. The Balaban J connectivity index is 1.42. The Bertz CT molecular complexity index is 1340. The van der Waals surface area contributed by atoms with Crippen LogP contribution in [0.5, 0.6) is 0 Å². The highest BCUT2D eigenvalue weighted by atomic mass is 19.1. The predicted octanol–water partition coefficient (Wildman–Crippen LogP) is 4.35. The number of hydrogen-bond acceptors (Lipinski definition) is 6. The number of likely N-dealkylation sites (tertiary alicyclic amines) is 1. The van der Waals surface area contributed by atoms with E-state index in [9.17, 15) is 13.6 Å². The zero-order valence-corrected chi connectivity index (χ0v) is 18.8. The summed E-state index contributed by atoms with van der Waals surface area (Å²) in [6, 6.07) is 7.13. The van der Waals surface area contributed by atoms with Crippen LogP contribution in [0.15, 0.2) is 47.1 Å². The van der Waals surface area contributed by atoms with Crippen LogP contribution in [0.2, 0.25) is 0 Å². The van der Waals surface area contributed by atoms with Crippen LogP contribution in [0.3, 0.4) is 0 Å². The van der Waals surface area contributed by atoms with E-state index in [4.69, 9.17) is 4.42 Å². The van der Waals surface area contributed by atoms with E-state index in [-0.39, 0.29) is 23.9 Å². The number of anilines is 1. The number of carbonyl (C=O) groups excluding carboxylic acids is 1. The zero-order chi connectivity index (χ0) is 23.8. The van der Waals surface area contributed by atoms with Gasteiger partial charge in [0.1, 0.15) is 22.8 Å². The molecule has 2 atom stereocenters. The molecule has 0 aliphatic carbocycles. The fraction of sp³-hybridized carbons (Fsp3) is 0.333. The van der Waals surface area contributed by atoms with Crippen molar-refractivity contribution in [1.82, 2.24) is 24.9 Å². The molecule has 34 heavy (non-hydrogen) atoms. The van der Waals surface area contributed by atoms with Gasteiger partial charge in [-0.05, 0) is 49.4 Å². The number of aryl methyl sites for hydroxylation is 1. The average molecular weight is 466 g/mol. The molecule has 5 rings (SSSR count). The summed E-state index contributed by atoms with van der Waals surface area (Å²) >= 11 is 0. The third kappa shape index (κ3) is 4.11. The van der Waals surface area contributed by atoms with Crippen molar-refractivity contribution in [3.8, 4) is 5.69 Å². The lowest BCUT2D eigenvalue weighted by Crippen LogP contribution is -2.51. The molecule has 1 aliphatic heterocycles. The van der Waals surface area contributed by atoms with Crippen molar-refractivity contribution in [3.05, 3.63) is 65.5 Å². The van der Waals surface area contributed by atoms with Crippen LogP contribution in [-0.4, -0.2) is 49.9 Å². The second-order valence-corrected chi connectivity index (χ2v) is 8.63. The van der Waals surface area contributed by atoms with E-state index >= 15 is 0 Å². The molecule has 1 fully saturated rings. The zero-order valence-electron chi connectivity index (χ0n) is 18.8. The van der Waals surface area contributed by atoms with Gasteiger partial charge in [0.2, 0.25) is 0 Å². The van der Waals surface area contributed by atoms with E-state index in [1.165, 1.54) is 35.4 Å². The van der Waals surface area contributed by atoms with E-state index in [1.807, 2.05) is 4.90 Å². The number of halogens is 2. The summed E-state index contributed by atoms with van der Waals surface area (Å²) in [7, 11) is 0. The van der Waals surface area contributed by atoms with E-state index < -0.39 is 11.6 Å². The Morgan fingerprint density at radius 3 is 2.79 bits per heavy atom. The minimum Gasteiger partial charge on any atom is -0.423 e. The van der Waals surface area contributed by atoms with Gasteiger partial charge >= 0.3 is 0 Å². The highest BCUT2D eigenvalue weighted by molar-refractivity contribution is 5.98. The van der Waals surface area contributed by atoms with Crippen molar-refractivity contribution >= 4 is 23.0 Å². The fourth-order valence-electron chi connectivity index (χ4n) is 4.48. The molecule has 2 aromatic carbocycles. The van der Waals surface area contributed by atoms with E-state index in [0.717, 1.165) is 12.8 Å². The third-order valence-corrected chi connectivity index (χ3v) is 6.33. The normalized spacial score (nSPS) is 18.4. The lowest BCUT2D eigenvalue weighted by molar-refractivity contribution is 0.0538. The van der Waals surface area contributed by atoms with E-state index in [0.29, 0.717) is 41.0 Å². The minimum atomic E-state index is -0.429. The molecule has 176 valence electrons. The van der Waals surface area contributed by atoms with Gasteiger partial charge < -0.3 is 14.6 Å².